The van der Waals surface area contributed by atoms with Crippen molar-refractivity contribution in [3.8, 4) is 6.07 Å². The van der Waals surface area contributed by atoms with E-state index in [-0.39, 0.29) is 5.41 Å². The van der Waals surface area contributed by atoms with E-state index in [1.807, 2.05) is 31.2 Å². The Kier molecular flexibility index (Phi) is 5.24. The summed E-state index contributed by atoms with van der Waals surface area (Å²) in [6.45, 7) is 13.4. The van der Waals surface area contributed by atoms with E-state index in [1.165, 1.54) is 5.56 Å². The van der Waals surface area contributed by atoms with E-state index in [0.717, 1.165) is 50.1 Å². The van der Waals surface area contributed by atoms with E-state index >= 15 is 0 Å². The molecule has 0 N–H and O–H groups in total. The molecule has 1 saturated heterocycles. The first-order chi connectivity index (χ1) is 12.3. The van der Waals surface area contributed by atoms with E-state index in [0.29, 0.717) is 5.56 Å². The first kappa shape index (κ1) is 18.3. The summed E-state index contributed by atoms with van der Waals surface area (Å²) >= 11 is 0. The van der Waals surface area contributed by atoms with Gasteiger partial charge in [0.05, 0.1) is 17.3 Å². The Balaban J connectivity index is 1.63. The monoisotopic (exact) mass is 349 g/mol. The minimum Gasteiger partial charge on any atom is -0.354 e. The highest BCUT2D eigenvalue weighted by molar-refractivity contribution is 5.42. The van der Waals surface area contributed by atoms with Crippen LogP contribution in [0.4, 0.5) is 5.82 Å². The highest BCUT2D eigenvalue weighted by atomic mass is 15.3. The molecule has 1 aliphatic rings. The van der Waals surface area contributed by atoms with Crippen LogP contribution >= 0.6 is 0 Å². The van der Waals surface area contributed by atoms with Crippen LogP contribution in [0, 0.1) is 18.3 Å². The topological polar surface area (TPSA) is 56.1 Å². The normalized spacial score (nSPS) is 15.7. The van der Waals surface area contributed by atoms with Gasteiger partial charge in [-0.2, -0.15) is 5.26 Å². The molecule has 1 aromatic carbocycles. The van der Waals surface area contributed by atoms with Crippen LogP contribution in [-0.4, -0.2) is 41.0 Å². The molecule has 0 radical (unpaired) electrons. The average molecular weight is 349 g/mol. The number of aromatic nitrogens is 2. The zero-order valence-corrected chi connectivity index (χ0v) is 16.2. The van der Waals surface area contributed by atoms with Gasteiger partial charge in [-0.3, -0.25) is 4.90 Å². The summed E-state index contributed by atoms with van der Waals surface area (Å²) in [6.07, 6.45) is 0. The van der Waals surface area contributed by atoms with Gasteiger partial charge in [0.25, 0.3) is 0 Å². The summed E-state index contributed by atoms with van der Waals surface area (Å²) in [6, 6.07) is 12.2. The Hall–Kier alpha value is -2.45. The lowest BCUT2D eigenvalue weighted by atomic mass is 9.92. The maximum absolute atomic E-state index is 8.90. The van der Waals surface area contributed by atoms with Crippen LogP contribution in [0.3, 0.4) is 0 Å². The zero-order chi connectivity index (χ0) is 18.7. The molecule has 2 heterocycles. The minimum atomic E-state index is 0.0276. The molecule has 0 unspecified atom stereocenters. The second kappa shape index (κ2) is 7.43. The highest BCUT2D eigenvalue weighted by Crippen LogP contribution is 2.24. The van der Waals surface area contributed by atoms with Crippen LogP contribution in [0.5, 0.6) is 0 Å². The molecule has 3 rings (SSSR count). The van der Waals surface area contributed by atoms with Crippen LogP contribution in [-0.2, 0) is 12.0 Å². The largest absolute Gasteiger partial charge is 0.354 e. The lowest BCUT2D eigenvalue weighted by Crippen LogP contribution is -2.46. The van der Waals surface area contributed by atoms with Crippen molar-refractivity contribution in [2.45, 2.75) is 39.7 Å². The predicted octanol–water partition coefficient (Wildman–Crippen LogP) is 3.28. The minimum absolute atomic E-state index is 0.0276. The molecule has 0 saturated carbocycles. The molecule has 5 nitrogen and oxygen atoms in total. The van der Waals surface area contributed by atoms with Gasteiger partial charge in [-0.15, -0.1) is 0 Å². The molecule has 1 aromatic heterocycles. The van der Waals surface area contributed by atoms with E-state index < -0.39 is 0 Å². The third-order valence-electron chi connectivity index (χ3n) is 4.78. The number of hydrogen-bond acceptors (Lipinski definition) is 5. The summed E-state index contributed by atoms with van der Waals surface area (Å²) in [5, 5.41) is 8.90. The van der Waals surface area contributed by atoms with E-state index in [4.69, 9.17) is 5.26 Å². The average Bonchev–Trinajstić information content (AvgIpc) is 2.62. The fraction of sp³-hybridized carbons (Fsp3) is 0.476. The quantitative estimate of drug-likeness (QED) is 0.851. The van der Waals surface area contributed by atoms with Crippen molar-refractivity contribution in [1.82, 2.24) is 14.9 Å². The number of benzene rings is 1. The Morgan fingerprint density at radius 1 is 1.04 bits per heavy atom. The van der Waals surface area contributed by atoms with Gasteiger partial charge in [-0.1, -0.05) is 32.9 Å². The van der Waals surface area contributed by atoms with Crippen LogP contribution in [0.25, 0.3) is 0 Å². The molecule has 0 amide bonds. The molecule has 2 aromatic rings. The summed E-state index contributed by atoms with van der Waals surface area (Å²) in [5.41, 5.74) is 3.09. The van der Waals surface area contributed by atoms with Gasteiger partial charge in [-0.25, -0.2) is 9.97 Å². The maximum atomic E-state index is 8.90. The third-order valence-corrected chi connectivity index (χ3v) is 4.78. The molecule has 0 aliphatic carbocycles. The Morgan fingerprint density at radius 3 is 2.27 bits per heavy atom. The van der Waals surface area contributed by atoms with Crippen molar-refractivity contribution in [3.63, 3.8) is 0 Å². The Bertz CT molecular complexity index is 791. The number of piperazine rings is 1. The SMILES string of the molecule is Cc1nc(N2CCN(Cc3ccc(C#N)cc3)CC2)cc(C(C)(C)C)n1. The summed E-state index contributed by atoms with van der Waals surface area (Å²) in [7, 11) is 0. The molecule has 26 heavy (non-hydrogen) atoms. The van der Waals surface area contributed by atoms with Gasteiger partial charge in [0.1, 0.15) is 11.6 Å². The molecule has 1 aliphatic heterocycles. The van der Waals surface area contributed by atoms with Gasteiger partial charge in [0.15, 0.2) is 0 Å². The second-order valence-electron chi connectivity index (χ2n) is 7.98. The number of hydrogen-bond donors (Lipinski definition) is 0. The van der Waals surface area contributed by atoms with Gasteiger partial charge >= 0.3 is 0 Å². The Labute approximate surface area is 156 Å². The first-order valence-electron chi connectivity index (χ1n) is 9.18. The number of rotatable bonds is 3. The van der Waals surface area contributed by atoms with Crippen molar-refractivity contribution < 1.29 is 0 Å². The molecular weight excluding hydrogens is 322 g/mol. The van der Waals surface area contributed by atoms with Gasteiger partial charge in [0, 0.05) is 44.2 Å². The van der Waals surface area contributed by atoms with E-state index in [2.05, 4.69) is 52.7 Å². The smallest absolute Gasteiger partial charge is 0.132 e. The van der Waals surface area contributed by atoms with Crippen molar-refractivity contribution in [2.24, 2.45) is 0 Å². The van der Waals surface area contributed by atoms with Crippen LogP contribution in [0.2, 0.25) is 0 Å². The van der Waals surface area contributed by atoms with Crippen molar-refractivity contribution in [3.05, 3.63) is 53.0 Å². The molecule has 0 spiro atoms. The van der Waals surface area contributed by atoms with Crippen molar-refractivity contribution >= 4 is 5.82 Å². The molecule has 5 heteroatoms. The van der Waals surface area contributed by atoms with Crippen LogP contribution < -0.4 is 4.90 Å². The van der Waals surface area contributed by atoms with Crippen molar-refractivity contribution in [2.75, 3.05) is 31.1 Å². The Morgan fingerprint density at radius 2 is 1.69 bits per heavy atom. The van der Waals surface area contributed by atoms with E-state index in [9.17, 15) is 0 Å². The predicted molar refractivity (Wildman–Crippen MR) is 104 cm³/mol. The number of nitrogens with zero attached hydrogens (tertiary/aromatic N) is 5. The zero-order valence-electron chi connectivity index (χ0n) is 16.2. The third kappa shape index (κ3) is 4.39. The van der Waals surface area contributed by atoms with Crippen LogP contribution in [0.15, 0.2) is 30.3 Å². The fourth-order valence-corrected chi connectivity index (χ4v) is 3.18. The maximum Gasteiger partial charge on any atom is 0.132 e. The molecule has 1 fully saturated rings. The summed E-state index contributed by atoms with van der Waals surface area (Å²) in [4.78, 5) is 14.1. The number of nitriles is 1. The molecule has 0 bridgehead atoms. The first-order valence-corrected chi connectivity index (χ1v) is 9.18. The fourth-order valence-electron chi connectivity index (χ4n) is 3.18. The second-order valence-corrected chi connectivity index (χ2v) is 7.98. The highest BCUT2D eigenvalue weighted by Gasteiger charge is 2.22. The van der Waals surface area contributed by atoms with Gasteiger partial charge in [0.2, 0.25) is 0 Å². The summed E-state index contributed by atoms with van der Waals surface area (Å²) < 4.78 is 0. The van der Waals surface area contributed by atoms with E-state index in [1.54, 1.807) is 0 Å². The van der Waals surface area contributed by atoms with Gasteiger partial charge in [-0.05, 0) is 24.6 Å². The molecule has 136 valence electrons. The van der Waals surface area contributed by atoms with Crippen molar-refractivity contribution in [1.29, 1.82) is 5.26 Å². The standard InChI is InChI=1S/C21H27N5/c1-16-23-19(21(2,3)4)13-20(24-16)26-11-9-25(10-12-26)15-18-7-5-17(14-22)6-8-18/h5-8,13H,9-12,15H2,1-4H3. The number of anilines is 1. The molecule has 0 atom stereocenters. The lowest BCUT2D eigenvalue weighted by Gasteiger charge is -2.36. The number of aryl methyl sites for hydroxylation is 1. The van der Waals surface area contributed by atoms with Gasteiger partial charge < -0.3 is 4.90 Å². The molecular formula is C21H27N5. The summed E-state index contributed by atoms with van der Waals surface area (Å²) in [5.74, 6) is 1.88. The van der Waals surface area contributed by atoms with Crippen LogP contribution in [0.1, 0.15) is 43.4 Å². The lowest BCUT2D eigenvalue weighted by molar-refractivity contribution is 0.249.